The summed E-state index contributed by atoms with van der Waals surface area (Å²) < 4.78 is 0. The van der Waals surface area contributed by atoms with Crippen molar-refractivity contribution in [3.05, 3.63) is 358 Å². The zero-order chi connectivity index (χ0) is 62.6. The summed E-state index contributed by atoms with van der Waals surface area (Å²) in [5.41, 5.74) is 26.6. The van der Waals surface area contributed by atoms with Gasteiger partial charge in [-0.05, 0) is 171 Å². The number of para-hydroxylation sites is 2. The number of hydrogen-bond donors (Lipinski definition) is 0. The first-order chi connectivity index (χ1) is 45.0. The topological polar surface area (TPSA) is 6.48 Å². The monoisotopic (exact) mass is 1180 g/mol. The third-order valence-corrected chi connectivity index (χ3v) is 20.6. The third kappa shape index (κ3) is 8.45. The predicted molar refractivity (Wildman–Crippen MR) is 390 cm³/mol. The molecule has 0 N–H and O–H groups in total. The largest absolute Gasteiger partial charge is 0.309 e. The van der Waals surface area contributed by atoms with Gasteiger partial charge in [0, 0.05) is 22.1 Å². The van der Waals surface area contributed by atoms with E-state index in [2.05, 4.69) is 356 Å². The van der Waals surface area contributed by atoms with Crippen molar-refractivity contribution in [3.63, 3.8) is 0 Å². The van der Waals surface area contributed by atoms with E-state index in [9.17, 15) is 0 Å². The van der Waals surface area contributed by atoms with Crippen LogP contribution in [0.3, 0.4) is 0 Å². The summed E-state index contributed by atoms with van der Waals surface area (Å²) in [6.45, 7) is 18.9. The van der Waals surface area contributed by atoms with Crippen molar-refractivity contribution >= 4 is 66.4 Å². The molecule has 0 amide bonds. The maximum absolute atomic E-state index is 2.65. The molecule has 0 unspecified atom stereocenters. The quantitative estimate of drug-likeness (QED) is 0.100. The first-order valence-electron chi connectivity index (χ1n) is 33.3. The minimum atomic E-state index is -0.573. The normalized spacial score (nSPS) is 13.6. The standard InChI is InChI=1S/C90H76N2/c1-57(2)69-39-25-40-70(58(3)4)87(69)91(67-33-23-31-65(55-67)89(63-27-11-9-12-28-63)79-43-19-15-35-73(79)74-36-16-20-44-80(74)89)83-53-49-61-48-52-78-84(54-50-62-47-51-77(83)85(61)86(62)78)92(88-71(59(5)6)41-26-42-72(88)60(7)8)68-34-24-32-66(56-68)90(64-29-13-10-14-30-64)81-45-21-17-37-75(81)76-38-18-22-46-82(76)90/h9-60H,1-8H3. The van der Waals surface area contributed by atoms with Crippen molar-refractivity contribution in [2.75, 3.05) is 9.80 Å². The fourth-order valence-electron chi connectivity index (χ4n) is 16.7. The Hall–Kier alpha value is -10.3. The fourth-order valence-corrected chi connectivity index (χ4v) is 16.7. The first-order valence-corrected chi connectivity index (χ1v) is 33.3. The van der Waals surface area contributed by atoms with Crippen LogP contribution >= 0.6 is 0 Å². The Kier molecular flexibility index (Phi) is 13.8. The lowest BCUT2D eigenvalue weighted by molar-refractivity contribution is 0.768. The second-order valence-electron chi connectivity index (χ2n) is 27.0. The summed E-state index contributed by atoms with van der Waals surface area (Å²) in [6.07, 6.45) is 0. The Morgan fingerprint density at radius 1 is 0.250 bits per heavy atom. The fraction of sp³-hybridized carbons (Fsp3) is 0.156. The average molecular weight is 1190 g/mol. The Balaban J connectivity index is 0.964. The predicted octanol–water partition coefficient (Wildman–Crippen LogP) is 24.7. The molecule has 2 heteroatoms. The molecule has 0 aromatic heterocycles. The molecule has 0 bridgehead atoms. The molecule has 0 spiro atoms. The van der Waals surface area contributed by atoms with E-state index in [0.717, 1.165) is 22.7 Å². The van der Waals surface area contributed by atoms with Crippen LogP contribution in [0, 0.1) is 0 Å². The lowest BCUT2D eigenvalue weighted by atomic mass is 9.67. The van der Waals surface area contributed by atoms with E-state index in [0.29, 0.717) is 0 Å². The van der Waals surface area contributed by atoms with Crippen molar-refractivity contribution < 1.29 is 0 Å². The second kappa shape index (κ2) is 22.3. The molecule has 0 radical (unpaired) electrons. The average Bonchev–Trinajstić information content (AvgIpc) is 1.18. The van der Waals surface area contributed by atoms with Crippen LogP contribution in [0.5, 0.6) is 0 Å². The minimum Gasteiger partial charge on any atom is -0.309 e. The van der Waals surface area contributed by atoms with Crippen LogP contribution in [-0.4, -0.2) is 0 Å². The SMILES string of the molecule is CC(C)c1cccc(C(C)C)c1N(c1cccc(C2(c3ccccc3)c3ccccc3-c3ccccc32)c1)c1ccc2ccc3c(N(c4cccc(C5(c6ccccc6)c6ccccc6-c6ccccc65)c4)c4c(C(C)C)cccc4C(C)C)ccc4ccc1c2c43. The number of anilines is 6. The Bertz CT molecular complexity index is 4680. The molecule has 2 aliphatic rings. The van der Waals surface area contributed by atoms with E-state index < -0.39 is 10.8 Å². The molecule has 446 valence electrons. The maximum atomic E-state index is 2.65. The van der Waals surface area contributed by atoms with Crippen LogP contribution in [0.1, 0.15) is 146 Å². The molecule has 0 heterocycles. The van der Waals surface area contributed by atoms with Gasteiger partial charge in [0.25, 0.3) is 0 Å². The smallest absolute Gasteiger partial charge is 0.0714 e. The van der Waals surface area contributed by atoms with Crippen molar-refractivity contribution in [2.24, 2.45) is 0 Å². The van der Waals surface area contributed by atoms with Crippen LogP contribution in [-0.2, 0) is 10.8 Å². The van der Waals surface area contributed by atoms with Crippen LogP contribution in [0.15, 0.2) is 291 Å². The van der Waals surface area contributed by atoms with E-state index in [-0.39, 0.29) is 23.7 Å². The molecule has 92 heavy (non-hydrogen) atoms. The summed E-state index contributed by atoms with van der Waals surface area (Å²) in [4.78, 5) is 5.31. The summed E-state index contributed by atoms with van der Waals surface area (Å²) in [6, 6.07) is 111. The lowest BCUT2D eigenvalue weighted by Gasteiger charge is -2.37. The van der Waals surface area contributed by atoms with Gasteiger partial charge >= 0.3 is 0 Å². The molecule has 2 nitrogen and oxygen atoms in total. The van der Waals surface area contributed by atoms with Crippen LogP contribution in [0.2, 0.25) is 0 Å². The van der Waals surface area contributed by atoms with Crippen molar-refractivity contribution in [1.29, 1.82) is 0 Å². The molecule has 0 saturated carbocycles. The summed E-state index contributed by atoms with van der Waals surface area (Å²) in [7, 11) is 0. The highest BCUT2D eigenvalue weighted by Crippen LogP contribution is 2.60. The Morgan fingerprint density at radius 3 is 0.859 bits per heavy atom. The second-order valence-corrected chi connectivity index (χ2v) is 27.0. The first kappa shape index (κ1) is 56.9. The van der Waals surface area contributed by atoms with E-state index in [1.807, 2.05) is 0 Å². The Labute approximate surface area is 543 Å². The molecule has 0 saturated heterocycles. The zero-order valence-corrected chi connectivity index (χ0v) is 53.9. The highest BCUT2D eigenvalue weighted by atomic mass is 15.2. The summed E-state index contributed by atoms with van der Waals surface area (Å²) >= 11 is 0. The summed E-state index contributed by atoms with van der Waals surface area (Å²) in [5.74, 6) is 0.984. The van der Waals surface area contributed by atoms with Gasteiger partial charge in [0.1, 0.15) is 0 Å². The van der Waals surface area contributed by atoms with Gasteiger partial charge in [0.05, 0.1) is 33.6 Å². The van der Waals surface area contributed by atoms with Crippen LogP contribution < -0.4 is 9.80 Å². The molecule has 16 rings (SSSR count). The van der Waals surface area contributed by atoms with Crippen molar-refractivity contribution in [1.82, 2.24) is 0 Å². The molecule has 2 aliphatic carbocycles. The minimum absolute atomic E-state index is 0.246. The highest BCUT2D eigenvalue weighted by molar-refractivity contribution is 6.28. The molecular formula is C90H76N2. The van der Waals surface area contributed by atoms with Gasteiger partial charge in [-0.15, -0.1) is 0 Å². The zero-order valence-electron chi connectivity index (χ0n) is 53.9. The van der Waals surface area contributed by atoms with Gasteiger partial charge in [-0.25, -0.2) is 0 Å². The van der Waals surface area contributed by atoms with Crippen molar-refractivity contribution in [3.8, 4) is 22.3 Å². The van der Waals surface area contributed by atoms with Gasteiger partial charge in [-0.1, -0.05) is 310 Å². The number of fused-ring (bicyclic) bond motifs is 6. The van der Waals surface area contributed by atoms with E-state index in [1.165, 1.54) is 133 Å². The molecule has 14 aromatic carbocycles. The van der Waals surface area contributed by atoms with E-state index in [1.54, 1.807) is 0 Å². The van der Waals surface area contributed by atoms with E-state index in [4.69, 9.17) is 0 Å². The van der Waals surface area contributed by atoms with Gasteiger partial charge in [-0.3, -0.25) is 0 Å². The third-order valence-electron chi connectivity index (χ3n) is 20.6. The Morgan fingerprint density at radius 2 is 0.533 bits per heavy atom. The maximum Gasteiger partial charge on any atom is 0.0714 e. The van der Waals surface area contributed by atoms with Gasteiger partial charge < -0.3 is 9.80 Å². The number of rotatable bonds is 14. The number of benzene rings is 14. The number of nitrogens with zero attached hydrogens (tertiary/aromatic N) is 2. The van der Waals surface area contributed by atoms with Gasteiger partial charge in [-0.2, -0.15) is 0 Å². The van der Waals surface area contributed by atoms with E-state index >= 15 is 0 Å². The number of hydrogen-bond acceptors (Lipinski definition) is 2. The van der Waals surface area contributed by atoms with Crippen LogP contribution in [0.25, 0.3) is 54.6 Å². The molecule has 0 aliphatic heterocycles. The highest BCUT2D eigenvalue weighted by Gasteiger charge is 2.48. The molecule has 0 atom stereocenters. The lowest BCUT2D eigenvalue weighted by Crippen LogP contribution is -2.29. The molecule has 14 aromatic rings. The van der Waals surface area contributed by atoms with Gasteiger partial charge in [0.15, 0.2) is 0 Å². The molecular weight excluding hydrogens is 1110 g/mol. The van der Waals surface area contributed by atoms with Crippen LogP contribution in [0.4, 0.5) is 34.1 Å². The van der Waals surface area contributed by atoms with Crippen molar-refractivity contribution in [2.45, 2.75) is 89.9 Å². The van der Waals surface area contributed by atoms with Gasteiger partial charge in [0.2, 0.25) is 0 Å². The molecule has 0 fully saturated rings. The summed E-state index contributed by atoms with van der Waals surface area (Å²) in [5, 5.41) is 7.41.